The van der Waals surface area contributed by atoms with E-state index in [0.717, 1.165) is 95.1 Å². The van der Waals surface area contributed by atoms with Crippen LogP contribution in [0, 0.1) is 24.7 Å². The second kappa shape index (κ2) is 23.7. The molecule has 0 unspecified atom stereocenters. The van der Waals surface area contributed by atoms with E-state index in [-0.39, 0.29) is 40.9 Å². The Labute approximate surface area is 463 Å². The van der Waals surface area contributed by atoms with Gasteiger partial charge >= 0.3 is 0 Å². The molecule has 4 amide bonds. The number of aryl methyl sites for hydroxylation is 1. The van der Waals surface area contributed by atoms with Gasteiger partial charge in [0.2, 0.25) is 5.91 Å². The minimum atomic E-state index is -0.147. The molecule has 0 radical (unpaired) electrons. The molecule has 9 aliphatic rings. The van der Waals surface area contributed by atoms with E-state index < -0.39 is 0 Å². The number of halogens is 3. The van der Waals surface area contributed by atoms with Crippen LogP contribution in [-0.2, 0) is 38.6 Å². The van der Waals surface area contributed by atoms with E-state index >= 15 is 0 Å². The van der Waals surface area contributed by atoms with Gasteiger partial charge in [-0.2, -0.15) is 0 Å². The molecular formula is C54H68Cl3N11O7S. The summed E-state index contributed by atoms with van der Waals surface area (Å²) in [6, 6.07) is 6.45. The number of fused-ring (bicyclic) bond motifs is 3. The Morgan fingerprint density at radius 2 is 1.04 bits per heavy atom. The monoisotopic (exact) mass is 1120 g/mol. The number of ether oxygens (including phenoxy) is 3. The molecule has 3 atom stereocenters. The first-order valence-corrected chi connectivity index (χ1v) is 28.8. The number of morpholine rings is 3. The summed E-state index contributed by atoms with van der Waals surface area (Å²) < 4.78 is 15.9. The van der Waals surface area contributed by atoms with Gasteiger partial charge < -0.3 is 49.3 Å². The molecule has 6 fully saturated rings. The van der Waals surface area contributed by atoms with Gasteiger partial charge in [-0.1, -0.05) is 46.1 Å². The summed E-state index contributed by atoms with van der Waals surface area (Å²) in [6.07, 6.45) is 7.30. The van der Waals surface area contributed by atoms with E-state index in [1.165, 1.54) is 56.8 Å². The van der Waals surface area contributed by atoms with Crippen molar-refractivity contribution in [2.24, 2.45) is 17.8 Å². The standard InChI is InChI=1S/C22H27N5O3S.C16H20ClN3O2.C12H12Cl2N2O.C4H9NO/c1-12-19(31-22(23-12)24-14(3)28)17-10-16-11-27(13(2)15-4-5-15)21(29)18(16)20(25-17)26-6-8-30-9-7-26;1-10(11-2-3-11)20-9-12-8-13(17)18-15(14(12)16(20)21)19-4-6-22-7-5-19;1-6(7-2-3-7)16-5-8-4-9(13)15-11(14)10(8)12(16)17;1-3-6-4-2-5-1/h10,13,15H,4-9,11H2,1-3H3,(H,23,24,28);8,10-11H,2-7,9H2,1H3;4,6-7H,2-3,5H2,1H3;5H,1-4H2/t13-;10-;6-;/m000./s1. The first-order chi connectivity index (χ1) is 36.6. The zero-order chi connectivity index (χ0) is 53.4. The highest BCUT2D eigenvalue weighted by molar-refractivity contribution is 7.19. The van der Waals surface area contributed by atoms with Crippen molar-refractivity contribution in [1.29, 1.82) is 0 Å². The van der Waals surface area contributed by atoms with E-state index in [1.807, 2.05) is 33.8 Å². The molecule has 13 rings (SSSR count). The van der Waals surface area contributed by atoms with E-state index in [2.05, 4.69) is 56.2 Å². The maximum atomic E-state index is 13.4. The Balaban J connectivity index is 0.000000127. The first-order valence-electron chi connectivity index (χ1n) is 26.9. The number of carbonyl (C=O) groups is 4. The maximum absolute atomic E-state index is 13.4. The Morgan fingerprint density at radius 3 is 1.47 bits per heavy atom. The van der Waals surface area contributed by atoms with Crippen LogP contribution in [0.1, 0.15) is 120 Å². The maximum Gasteiger partial charge on any atom is 0.258 e. The number of hydrogen-bond acceptors (Lipinski definition) is 15. The SMILES string of the molecule is C1COCCN1.CC(=O)Nc1nc(C)c(-c2cc3c(c(N4CCOCC4)n2)C(=O)N([C@@H](C)C2CC2)C3)s1.C[C@@H](C1CC1)N1Cc2cc(Cl)nc(Cl)c2C1=O.C[C@@H](C1CC1)N1Cc2cc(Cl)nc(N3CCOCC3)c2C1=O. The zero-order valence-corrected chi connectivity index (χ0v) is 47.1. The quantitative estimate of drug-likeness (QED) is 0.145. The third-order valence-electron chi connectivity index (χ3n) is 15.8. The molecule has 10 heterocycles. The zero-order valence-electron chi connectivity index (χ0n) is 44.0. The Morgan fingerprint density at radius 1 is 0.618 bits per heavy atom. The van der Waals surface area contributed by atoms with Gasteiger partial charge in [-0.25, -0.2) is 19.9 Å². The van der Waals surface area contributed by atoms with Crippen molar-refractivity contribution in [3.05, 3.63) is 72.7 Å². The van der Waals surface area contributed by atoms with Crippen LogP contribution in [0.3, 0.4) is 0 Å². The molecule has 3 saturated carbocycles. The Kier molecular flexibility index (Phi) is 17.0. The normalized spacial score (nSPS) is 21.1. The van der Waals surface area contributed by atoms with Crippen molar-refractivity contribution in [1.82, 2.24) is 40.0 Å². The van der Waals surface area contributed by atoms with Crippen LogP contribution in [0.4, 0.5) is 16.8 Å². The van der Waals surface area contributed by atoms with Gasteiger partial charge in [-0.05, 0) is 119 Å². The molecule has 22 heteroatoms. The van der Waals surface area contributed by atoms with Gasteiger partial charge in [0.1, 0.15) is 27.1 Å². The lowest BCUT2D eigenvalue weighted by Crippen LogP contribution is -2.39. The molecule has 0 spiro atoms. The largest absolute Gasteiger partial charge is 0.379 e. The average molecular weight is 1120 g/mol. The number of thiazole rings is 1. The van der Waals surface area contributed by atoms with E-state index in [9.17, 15) is 19.2 Å². The van der Waals surface area contributed by atoms with Crippen molar-refractivity contribution in [2.75, 3.05) is 94.0 Å². The van der Waals surface area contributed by atoms with Gasteiger partial charge in [-0.15, -0.1) is 0 Å². The number of pyridine rings is 3. The van der Waals surface area contributed by atoms with Gasteiger partial charge in [-0.3, -0.25) is 19.2 Å². The lowest BCUT2D eigenvalue weighted by molar-refractivity contribution is -0.114. The number of nitrogens with zero attached hydrogens (tertiary/aromatic N) is 9. The van der Waals surface area contributed by atoms with Crippen LogP contribution < -0.4 is 20.4 Å². The number of hydrogen-bond donors (Lipinski definition) is 2. The lowest BCUT2D eigenvalue weighted by atomic mass is 10.1. The fourth-order valence-electron chi connectivity index (χ4n) is 10.9. The molecule has 2 N–H and O–H groups in total. The summed E-state index contributed by atoms with van der Waals surface area (Å²) in [5.74, 6) is 3.46. The first kappa shape index (κ1) is 54.6. The molecule has 3 aliphatic carbocycles. The summed E-state index contributed by atoms with van der Waals surface area (Å²) >= 11 is 19.5. The fraction of sp³-hybridized carbons (Fsp3) is 0.593. The van der Waals surface area contributed by atoms with Gasteiger partial charge in [0.05, 0.1) is 72.6 Å². The van der Waals surface area contributed by atoms with Crippen molar-refractivity contribution in [2.45, 2.75) is 111 Å². The number of aromatic nitrogens is 4. The molecule has 4 aromatic heterocycles. The van der Waals surface area contributed by atoms with Crippen molar-refractivity contribution in [3.63, 3.8) is 0 Å². The van der Waals surface area contributed by atoms with Crippen LogP contribution in [0.15, 0.2) is 18.2 Å². The van der Waals surface area contributed by atoms with E-state index in [4.69, 9.17) is 54.0 Å². The van der Waals surface area contributed by atoms with Crippen LogP contribution in [0.5, 0.6) is 0 Å². The van der Waals surface area contributed by atoms with Crippen LogP contribution in [-0.4, -0.2) is 155 Å². The topological polar surface area (TPSA) is 188 Å². The molecule has 18 nitrogen and oxygen atoms in total. The third kappa shape index (κ3) is 12.3. The average Bonchev–Trinajstić information content (AvgIpc) is 4.35. The summed E-state index contributed by atoms with van der Waals surface area (Å²) in [5.41, 5.74) is 6.58. The van der Waals surface area contributed by atoms with Gasteiger partial charge in [0.15, 0.2) is 5.13 Å². The Hall–Kier alpha value is -4.73. The minimum absolute atomic E-state index is 0.00596. The highest BCUT2D eigenvalue weighted by atomic mass is 35.5. The molecule has 76 heavy (non-hydrogen) atoms. The number of rotatable bonds is 10. The van der Waals surface area contributed by atoms with Crippen LogP contribution in [0.25, 0.3) is 10.6 Å². The van der Waals surface area contributed by atoms with E-state index in [0.29, 0.717) is 104 Å². The van der Waals surface area contributed by atoms with Crippen LogP contribution >= 0.6 is 46.1 Å². The van der Waals surface area contributed by atoms with Crippen molar-refractivity contribution >= 4 is 86.5 Å². The smallest absolute Gasteiger partial charge is 0.258 e. The summed E-state index contributed by atoms with van der Waals surface area (Å²) in [5, 5.41) is 7.53. The highest BCUT2D eigenvalue weighted by Crippen LogP contribution is 2.44. The fourth-order valence-corrected chi connectivity index (χ4v) is 12.6. The minimum Gasteiger partial charge on any atom is -0.379 e. The highest BCUT2D eigenvalue weighted by Gasteiger charge is 2.44. The molecule has 3 saturated heterocycles. The molecular weight excluding hydrogens is 1050 g/mol. The molecule has 4 aromatic rings. The number of anilines is 3. The number of amides is 4. The second-order valence-electron chi connectivity index (χ2n) is 21.1. The second-order valence-corrected chi connectivity index (χ2v) is 23.3. The Bertz CT molecular complexity index is 2820. The number of nitrogens with one attached hydrogen (secondary N) is 2. The summed E-state index contributed by atoms with van der Waals surface area (Å²) in [6.45, 7) is 21.1. The summed E-state index contributed by atoms with van der Waals surface area (Å²) in [4.78, 5) is 79.0. The number of carbonyl (C=O) groups excluding carboxylic acids is 4. The predicted octanol–water partition coefficient (Wildman–Crippen LogP) is 8.14. The molecule has 0 bridgehead atoms. The van der Waals surface area contributed by atoms with E-state index in [1.54, 1.807) is 6.07 Å². The predicted molar refractivity (Wildman–Crippen MR) is 294 cm³/mol. The summed E-state index contributed by atoms with van der Waals surface area (Å²) in [7, 11) is 0. The van der Waals surface area contributed by atoms with Crippen molar-refractivity contribution < 1.29 is 33.4 Å². The van der Waals surface area contributed by atoms with Gasteiger partial charge in [0.25, 0.3) is 17.7 Å². The molecule has 408 valence electrons. The van der Waals surface area contributed by atoms with Gasteiger partial charge in [0, 0.05) is 84.0 Å². The van der Waals surface area contributed by atoms with Crippen LogP contribution in [0.2, 0.25) is 15.5 Å². The third-order valence-corrected chi connectivity index (χ3v) is 17.5. The molecule has 6 aliphatic heterocycles. The van der Waals surface area contributed by atoms with Crippen molar-refractivity contribution in [3.8, 4) is 10.6 Å². The lowest BCUT2D eigenvalue weighted by Gasteiger charge is -2.29. The molecule has 0 aromatic carbocycles.